The molecular weight excluding hydrogens is 450 g/mol. The summed E-state index contributed by atoms with van der Waals surface area (Å²) in [5, 5.41) is 8.35. The SMILES string of the molecule is c1ccc(-c2cccc3c2oc2ccccc23)c(-c2ccc3c4ccccc4c4ccccc4c3n2)c1. The Balaban J connectivity index is 1.42. The number of rotatable bonds is 2. The number of benzene rings is 6. The fourth-order valence-corrected chi connectivity index (χ4v) is 5.81. The van der Waals surface area contributed by atoms with Crippen LogP contribution in [-0.2, 0) is 0 Å². The summed E-state index contributed by atoms with van der Waals surface area (Å²) in [6.07, 6.45) is 0. The van der Waals surface area contributed by atoms with E-state index in [0.717, 1.165) is 49.8 Å². The van der Waals surface area contributed by atoms with Crippen LogP contribution in [0.15, 0.2) is 132 Å². The lowest BCUT2D eigenvalue weighted by atomic mass is 9.94. The molecule has 0 saturated carbocycles. The zero-order valence-corrected chi connectivity index (χ0v) is 20.0. The maximum absolute atomic E-state index is 6.38. The minimum atomic E-state index is 0.907. The summed E-state index contributed by atoms with van der Waals surface area (Å²) < 4.78 is 6.38. The van der Waals surface area contributed by atoms with Gasteiger partial charge in [-0.2, -0.15) is 0 Å². The smallest absolute Gasteiger partial charge is 0.143 e. The third-order valence-corrected chi connectivity index (χ3v) is 7.48. The van der Waals surface area contributed by atoms with Gasteiger partial charge in [-0.25, -0.2) is 4.98 Å². The van der Waals surface area contributed by atoms with Crippen LogP contribution in [0.1, 0.15) is 0 Å². The molecule has 37 heavy (non-hydrogen) atoms. The molecule has 0 spiro atoms. The van der Waals surface area contributed by atoms with Gasteiger partial charge in [0, 0.05) is 32.7 Å². The predicted octanol–water partition coefficient (Wildman–Crippen LogP) is 9.77. The standard InChI is InChI=1S/C35H21NO/c1-2-12-24-22(10-1)23-11-4-6-16-28(23)34-29(24)20-21-32(36-34)26-14-5-3-13-25(26)30-17-9-18-31-27-15-7-8-19-33(27)37-35(30)31/h1-21H. The number of hydrogen-bond donors (Lipinski definition) is 0. The van der Waals surface area contributed by atoms with Crippen molar-refractivity contribution in [3.8, 4) is 22.4 Å². The molecule has 2 heterocycles. The third-order valence-electron chi connectivity index (χ3n) is 7.48. The lowest BCUT2D eigenvalue weighted by Gasteiger charge is -2.13. The lowest BCUT2D eigenvalue weighted by molar-refractivity contribution is 0.670. The Morgan fingerprint density at radius 2 is 0.919 bits per heavy atom. The second kappa shape index (κ2) is 7.78. The number of fused-ring (bicyclic) bond motifs is 9. The highest BCUT2D eigenvalue weighted by Crippen LogP contribution is 2.41. The van der Waals surface area contributed by atoms with E-state index in [2.05, 4.69) is 115 Å². The minimum absolute atomic E-state index is 0.907. The highest BCUT2D eigenvalue weighted by molar-refractivity contribution is 6.24. The van der Waals surface area contributed by atoms with Crippen LogP contribution in [0.2, 0.25) is 0 Å². The van der Waals surface area contributed by atoms with Crippen molar-refractivity contribution in [2.24, 2.45) is 0 Å². The van der Waals surface area contributed by atoms with Crippen LogP contribution in [-0.4, -0.2) is 4.98 Å². The van der Waals surface area contributed by atoms with Crippen molar-refractivity contribution < 1.29 is 4.42 Å². The van der Waals surface area contributed by atoms with E-state index in [0.29, 0.717) is 0 Å². The van der Waals surface area contributed by atoms with Crippen molar-refractivity contribution in [1.29, 1.82) is 0 Å². The fraction of sp³-hybridized carbons (Fsp3) is 0. The topological polar surface area (TPSA) is 26.0 Å². The van der Waals surface area contributed by atoms with Crippen LogP contribution in [0.25, 0.3) is 76.8 Å². The molecular formula is C35H21NO. The summed E-state index contributed by atoms with van der Waals surface area (Å²) in [7, 11) is 0. The van der Waals surface area contributed by atoms with E-state index in [1.54, 1.807) is 0 Å². The van der Waals surface area contributed by atoms with E-state index in [-0.39, 0.29) is 0 Å². The predicted molar refractivity (Wildman–Crippen MR) is 155 cm³/mol. The second-order valence-electron chi connectivity index (χ2n) is 9.51. The minimum Gasteiger partial charge on any atom is -0.455 e. The van der Waals surface area contributed by atoms with Crippen molar-refractivity contribution >= 4 is 54.4 Å². The van der Waals surface area contributed by atoms with Gasteiger partial charge in [0.1, 0.15) is 11.2 Å². The molecule has 0 N–H and O–H groups in total. The molecule has 0 aliphatic rings. The molecule has 172 valence electrons. The van der Waals surface area contributed by atoms with Crippen molar-refractivity contribution in [3.05, 3.63) is 127 Å². The maximum Gasteiger partial charge on any atom is 0.143 e. The molecule has 2 nitrogen and oxygen atoms in total. The van der Waals surface area contributed by atoms with E-state index in [9.17, 15) is 0 Å². The summed E-state index contributed by atoms with van der Waals surface area (Å²) in [5.74, 6) is 0. The van der Waals surface area contributed by atoms with Gasteiger partial charge in [-0.15, -0.1) is 0 Å². The average Bonchev–Trinajstić information content (AvgIpc) is 3.36. The molecule has 0 aliphatic carbocycles. The van der Waals surface area contributed by atoms with Gasteiger partial charge in [0.2, 0.25) is 0 Å². The summed E-state index contributed by atoms with van der Waals surface area (Å²) in [4.78, 5) is 5.30. The Kier molecular flexibility index (Phi) is 4.26. The van der Waals surface area contributed by atoms with Gasteiger partial charge in [-0.05, 0) is 39.9 Å². The Labute approximate surface area is 213 Å². The van der Waals surface area contributed by atoms with Crippen molar-refractivity contribution in [3.63, 3.8) is 0 Å². The van der Waals surface area contributed by atoms with Gasteiger partial charge >= 0.3 is 0 Å². The number of hydrogen-bond acceptors (Lipinski definition) is 2. The Hall–Kier alpha value is -4.95. The Bertz CT molecular complexity index is 2120. The first-order chi connectivity index (χ1) is 18.4. The number of pyridine rings is 1. The number of aromatic nitrogens is 1. The van der Waals surface area contributed by atoms with Crippen LogP contribution < -0.4 is 0 Å². The van der Waals surface area contributed by atoms with Crippen molar-refractivity contribution in [2.45, 2.75) is 0 Å². The first-order valence-corrected chi connectivity index (χ1v) is 12.6. The first kappa shape index (κ1) is 20.3. The molecule has 0 saturated heterocycles. The molecule has 0 aliphatic heterocycles. The van der Waals surface area contributed by atoms with Crippen LogP contribution in [0.3, 0.4) is 0 Å². The average molecular weight is 472 g/mol. The van der Waals surface area contributed by atoms with E-state index in [4.69, 9.17) is 9.40 Å². The summed E-state index contributed by atoms with van der Waals surface area (Å²) in [6.45, 7) is 0. The molecule has 0 bridgehead atoms. The van der Waals surface area contributed by atoms with Crippen molar-refractivity contribution in [2.75, 3.05) is 0 Å². The van der Waals surface area contributed by atoms with E-state index >= 15 is 0 Å². The van der Waals surface area contributed by atoms with E-state index < -0.39 is 0 Å². The lowest BCUT2D eigenvalue weighted by Crippen LogP contribution is -1.91. The zero-order chi connectivity index (χ0) is 24.3. The quantitative estimate of drug-likeness (QED) is 0.235. The number of nitrogens with zero attached hydrogens (tertiary/aromatic N) is 1. The van der Waals surface area contributed by atoms with Crippen molar-refractivity contribution in [1.82, 2.24) is 4.98 Å². The molecule has 6 aromatic carbocycles. The van der Waals surface area contributed by atoms with Gasteiger partial charge in [-0.3, -0.25) is 0 Å². The normalized spacial score (nSPS) is 11.8. The highest BCUT2D eigenvalue weighted by Gasteiger charge is 2.17. The molecule has 0 fully saturated rings. The molecule has 0 radical (unpaired) electrons. The van der Waals surface area contributed by atoms with Gasteiger partial charge in [0.05, 0.1) is 11.2 Å². The number of furan rings is 1. The Morgan fingerprint density at radius 1 is 0.378 bits per heavy atom. The molecule has 0 amide bonds. The molecule has 8 rings (SSSR count). The second-order valence-corrected chi connectivity index (χ2v) is 9.51. The van der Waals surface area contributed by atoms with E-state index in [1.165, 1.54) is 26.9 Å². The fourth-order valence-electron chi connectivity index (χ4n) is 5.81. The summed E-state index contributed by atoms with van der Waals surface area (Å²) in [6, 6.07) is 44.7. The molecule has 0 unspecified atom stereocenters. The molecule has 8 aromatic rings. The molecule has 0 atom stereocenters. The highest BCUT2D eigenvalue weighted by atomic mass is 16.3. The summed E-state index contributed by atoms with van der Waals surface area (Å²) in [5.41, 5.74) is 7.09. The van der Waals surface area contributed by atoms with E-state index in [1.807, 2.05) is 12.1 Å². The Morgan fingerprint density at radius 3 is 1.70 bits per heavy atom. The maximum atomic E-state index is 6.38. The molecule has 2 aromatic heterocycles. The van der Waals surface area contributed by atoms with Gasteiger partial charge in [0.25, 0.3) is 0 Å². The van der Waals surface area contributed by atoms with Crippen LogP contribution in [0.5, 0.6) is 0 Å². The van der Waals surface area contributed by atoms with Crippen LogP contribution >= 0.6 is 0 Å². The monoisotopic (exact) mass is 471 g/mol. The first-order valence-electron chi connectivity index (χ1n) is 12.6. The molecule has 2 heteroatoms. The van der Waals surface area contributed by atoms with Crippen LogP contribution in [0.4, 0.5) is 0 Å². The van der Waals surface area contributed by atoms with Crippen LogP contribution in [0, 0.1) is 0 Å². The summed E-state index contributed by atoms with van der Waals surface area (Å²) >= 11 is 0. The zero-order valence-electron chi connectivity index (χ0n) is 20.0. The largest absolute Gasteiger partial charge is 0.455 e. The van der Waals surface area contributed by atoms with Gasteiger partial charge in [0.15, 0.2) is 0 Å². The number of para-hydroxylation sites is 2. The van der Waals surface area contributed by atoms with Gasteiger partial charge < -0.3 is 4.42 Å². The van der Waals surface area contributed by atoms with Gasteiger partial charge in [-0.1, -0.05) is 109 Å². The third kappa shape index (κ3) is 2.96.